The van der Waals surface area contributed by atoms with Crippen molar-refractivity contribution in [3.8, 4) is 0 Å². The third-order valence-electron chi connectivity index (χ3n) is 3.35. The first kappa shape index (κ1) is 16.1. The Morgan fingerprint density at radius 2 is 2.29 bits per heavy atom. The number of aryl methyl sites for hydroxylation is 1. The maximum absolute atomic E-state index is 12.2. The number of amides is 2. The van der Waals surface area contributed by atoms with Crippen LogP contribution in [0.3, 0.4) is 0 Å². The summed E-state index contributed by atoms with van der Waals surface area (Å²) in [5.74, 6) is 0. The lowest BCUT2D eigenvalue weighted by atomic mass is 10.2. The highest BCUT2D eigenvalue weighted by Gasteiger charge is 2.12. The molecule has 0 radical (unpaired) electrons. The molecule has 0 spiro atoms. The predicted molar refractivity (Wildman–Crippen MR) is 93.0 cm³/mol. The average molecular weight is 342 g/mol. The van der Waals surface area contributed by atoms with E-state index in [-0.39, 0.29) is 12.1 Å². The van der Waals surface area contributed by atoms with E-state index in [1.54, 1.807) is 22.3 Å². The van der Waals surface area contributed by atoms with Crippen molar-refractivity contribution >= 4 is 23.1 Å². The number of benzene rings is 1. The molecule has 2 heterocycles. The van der Waals surface area contributed by atoms with Crippen LogP contribution in [0.4, 0.5) is 10.5 Å². The fourth-order valence-corrected chi connectivity index (χ4v) is 3.05. The van der Waals surface area contributed by atoms with E-state index >= 15 is 0 Å². The van der Waals surface area contributed by atoms with Crippen molar-refractivity contribution in [3.63, 3.8) is 0 Å². The molecule has 0 aliphatic heterocycles. The molecule has 124 valence electrons. The first-order valence-corrected chi connectivity index (χ1v) is 8.39. The molecule has 7 nitrogen and oxygen atoms in total. The highest BCUT2D eigenvalue weighted by molar-refractivity contribution is 7.09. The Kier molecular flexibility index (Phi) is 4.85. The Morgan fingerprint density at radius 1 is 1.42 bits per heavy atom. The van der Waals surface area contributed by atoms with Gasteiger partial charge in [0.1, 0.15) is 17.7 Å². The van der Waals surface area contributed by atoms with E-state index in [0.29, 0.717) is 6.54 Å². The van der Waals surface area contributed by atoms with Gasteiger partial charge in [-0.2, -0.15) is 5.10 Å². The van der Waals surface area contributed by atoms with Crippen molar-refractivity contribution in [1.29, 1.82) is 0 Å². The average Bonchev–Trinajstić information content (AvgIpc) is 3.19. The first-order valence-electron chi connectivity index (χ1n) is 7.51. The standard InChI is InChI=1S/C16H18N6OS/c1-11-8-24-15(19-11)12(2)20-16(23)21-14-5-3-4-13(6-14)7-22-10-17-9-18-22/h3-6,8-10,12H,7H2,1-2H3,(H2,20,21,23). The lowest BCUT2D eigenvalue weighted by Crippen LogP contribution is -2.31. The lowest BCUT2D eigenvalue weighted by molar-refractivity contribution is 0.249. The summed E-state index contributed by atoms with van der Waals surface area (Å²) in [4.78, 5) is 20.5. The molecular weight excluding hydrogens is 324 g/mol. The Labute approximate surface area is 143 Å². The number of nitrogens with zero attached hydrogens (tertiary/aromatic N) is 4. The van der Waals surface area contributed by atoms with Gasteiger partial charge in [0.05, 0.1) is 12.6 Å². The van der Waals surface area contributed by atoms with Crippen molar-refractivity contribution in [1.82, 2.24) is 25.1 Å². The number of hydrogen-bond acceptors (Lipinski definition) is 5. The molecule has 0 aliphatic rings. The maximum Gasteiger partial charge on any atom is 0.319 e. The second-order valence-corrected chi connectivity index (χ2v) is 6.33. The summed E-state index contributed by atoms with van der Waals surface area (Å²) in [6, 6.07) is 7.25. The molecule has 2 amide bonds. The van der Waals surface area contributed by atoms with Gasteiger partial charge in [0, 0.05) is 16.8 Å². The highest BCUT2D eigenvalue weighted by atomic mass is 32.1. The van der Waals surface area contributed by atoms with Gasteiger partial charge in [-0.15, -0.1) is 11.3 Å². The Hall–Kier alpha value is -2.74. The van der Waals surface area contributed by atoms with E-state index < -0.39 is 0 Å². The zero-order valence-corrected chi connectivity index (χ0v) is 14.2. The summed E-state index contributed by atoms with van der Waals surface area (Å²) in [6.45, 7) is 4.46. The summed E-state index contributed by atoms with van der Waals surface area (Å²) in [5, 5.41) is 12.7. The van der Waals surface area contributed by atoms with Crippen LogP contribution in [0.5, 0.6) is 0 Å². The lowest BCUT2D eigenvalue weighted by Gasteiger charge is -2.13. The minimum atomic E-state index is -0.256. The van der Waals surface area contributed by atoms with Gasteiger partial charge in [0.2, 0.25) is 0 Å². The molecule has 3 rings (SSSR count). The zero-order chi connectivity index (χ0) is 16.9. The van der Waals surface area contributed by atoms with E-state index in [0.717, 1.165) is 22.0 Å². The van der Waals surface area contributed by atoms with E-state index in [1.165, 1.54) is 6.33 Å². The predicted octanol–water partition coefficient (Wildman–Crippen LogP) is 2.97. The third kappa shape index (κ3) is 4.17. The van der Waals surface area contributed by atoms with Gasteiger partial charge in [0.25, 0.3) is 0 Å². The van der Waals surface area contributed by atoms with Crippen LogP contribution in [0, 0.1) is 6.92 Å². The number of carbonyl (C=O) groups is 1. The van der Waals surface area contributed by atoms with Gasteiger partial charge < -0.3 is 10.6 Å². The van der Waals surface area contributed by atoms with Crippen molar-refractivity contribution in [2.24, 2.45) is 0 Å². The molecule has 3 aromatic rings. The van der Waals surface area contributed by atoms with Gasteiger partial charge in [-0.1, -0.05) is 12.1 Å². The van der Waals surface area contributed by atoms with Crippen LogP contribution in [0.1, 0.15) is 29.2 Å². The largest absolute Gasteiger partial charge is 0.329 e. The maximum atomic E-state index is 12.2. The number of hydrogen-bond donors (Lipinski definition) is 2. The van der Waals surface area contributed by atoms with Crippen LogP contribution in [-0.2, 0) is 6.54 Å². The SMILES string of the molecule is Cc1csc(C(C)NC(=O)Nc2cccc(Cn3cncn3)c2)n1. The minimum Gasteiger partial charge on any atom is -0.329 e. The smallest absolute Gasteiger partial charge is 0.319 e. The van der Waals surface area contributed by atoms with Crippen molar-refractivity contribution in [3.05, 3.63) is 58.6 Å². The van der Waals surface area contributed by atoms with E-state index in [1.807, 2.05) is 43.5 Å². The summed E-state index contributed by atoms with van der Waals surface area (Å²) in [7, 11) is 0. The van der Waals surface area contributed by atoms with Crippen LogP contribution in [0.2, 0.25) is 0 Å². The monoisotopic (exact) mass is 342 g/mol. The van der Waals surface area contributed by atoms with Gasteiger partial charge in [0.15, 0.2) is 0 Å². The molecule has 24 heavy (non-hydrogen) atoms. The van der Waals surface area contributed by atoms with Crippen molar-refractivity contribution < 1.29 is 4.79 Å². The molecule has 1 atom stereocenters. The topological polar surface area (TPSA) is 84.7 Å². The fourth-order valence-electron chi connectivity index (χ4n) is 2.25. The van der Waals surface area contributed by atoms with E-state index in [4.69, 9.17) is 0 Å². The Balaban J connectivity index is 1.59. The van der Waals surface area contributed by atoms with Crippen LogP contribution in [0.15, 0.2) is 42.3 Å². The molecule has 0 aliphatic carbocycles. The molecule has 1 unspecified atom stereocenters. The number of nitrogens with one attached hydrogen (secondary N) is 2. The van der Waals surface area contributed by atoms with Crippen LogP contribution >= 0.6 is 11.3 Å². The molecule has 2 N–H and O–H groups in total. The fraction of sp³-hybridized carbons (Fsp3) is 0.250. The highest BCUT2D eigenvalue weighted by Crippen LogP contribution is 2.18. The first-order chi connectivity index (χ1) is 11.6. The summed E-state index contributed by atoms with van der Waals surface area (Å²) < 4.78 is 1.73. The second kappa shape index (κ2) is 7.22. The molecule has 8 heteroatoms. The summed E-state index contributed by atoms with van der Waals surface area (Å²) >= 11 is 1.54. The number of rotatable bonds is 5. The Bertz CT molecular complexity index is 814. The minimum absolute atomic E-state index is 0.137. The second-order valence-electron chi connectivity index (χ2n) is 5.44. The molecule has 2 aromatic heterocycles. The molecule has 0 saturated heterocycles. The van der Waals surface area contributed by atoms with E-state index in [2.05, 4.69) is 25.7 Å². The molecule has 0 bridgehead atoms. The van der Waals surface area contributed by atoms with Gasteiger partial charge >= 0.3 is 6.03 Å². The van der Waals surface area contributed by atoms with Crippen molar-refractivity contribution in [2.45, 2.75) is 26.4 Å². The van der Waals surface area contributed by atoms with Gasteiger partial charge in [-0.25, -0.2) is 19.4 Å². The third-order valence-corrected chi connectivity index (χ3v) is 4.50. The quantitative estimate of drug-likeness (QED) is 0.746. The molecular formula is C16H18N6OS. The number of urea groups is 1. The molecule has 0 saturated carbocycles. The number of thiazole rings is 1. The van der Waals surface area contributed by atoms with Gasteiger partial charge in [-0.3, -0.25) is 0 Å². The van der Waals surface area contributed by atoms with E-state index in [9.17, 15) is 4.79 Å². The van der Waals surface area contributed by atoms with Gasteiger partial charge in [-0.05, 0) is 31.5 Å². The number of anilines is 1. The molecule has 0 fully saturated rings. The Morgan fingerprint density at radius 3 is 3.00 bits per heavy atom. The normalized spacial score (nSPS) is 11.9. The van der Waals surface area contributed by atoms with Crippen molar-refractivity contribution in [2.75, 3.05) is 5.32 Å². The number of carbonyl (C=O) groups excluding carboxylic acids is 1. The summed E-state index contributed by atoms with van der Waals surface area (Å²) in [5.41, 5.74) is 2.72. The van der Waals surface area contributed by atoms with Crippen LogP contribution in [-0.4, -0.2) is 25.8 Å². The van der Waals surface area contributed by atoms with Crippen LogP contribution < -0.4 is 10.6 Å². The zero-order valence-electron chi connectivity index (χ0n) is 13.4. The van der Waals surface area contributed by atoms with Crippen LogP contribution in [0.25, 0.3) is 0 Å². The number of aromatic nitrogens is 4. The molecule has 1 aromatic carbocycles. The summed E-state index contributed by atoms with van der Waals surface area (Å²) in [6.07, 6.45) is 3.15.